The first-order chi connectivity index (χ1) is 15.6. The minimum Gasteiger partial charge on any atom is -0.441 e. The first kappa shape index (κ1) is 20.3. The second-order valence-electron chi connectivity index (χ2n) is 7.07. The lowest BCUT2D eigenvalue weighted by molar-refractivity contribution is 0.128. The molecule has 5 aromatic rings. The fraction of sp³-hybridized carbons (Fsp3) is 0.174. The minimum atomic E-state index is 0.276. The summed E-state index contributed by atoms with van der Waals surface area (Å²) in [4.78, 5) is 22.7. The van der Waals surface area contributed by atoms with Crippen LogP contribution >= 0.6 is 11.6 Å². The molecule has 4 aromatic heterocycles. The third kappa shape index (κ3) is 3.98. The molecule has 0 aliphatic rings. The van der Waals surface area contributed by atoms with E-state index in [2.05, 4.69) is 25.3 Å². The molecule has 8 nitrogen and oxygen atoms in total. The molecule has 0 aliphatic heterocycles. The number of nitrogens with one attached hydrogen (secondary N) is 1. The highest BCUT2D eigenvalue weighted by Crippen LogP contribution is 2.29. The van der Waals surface area contributed by atoms with Gasteiger partial charge >= 0.3 is 0 Å². The number of hydrogen-bond acceptors (Lipinski definition) is 8. The summed E-state index contributed by atoms with van der Waals surface area (Å²) in [6, 6.07) is 13.0. The number of fused-ring (bicyclic) bond motifs is 2. The Morgan fingerprint density at radius 1 is 1.06 bits per heavy atom. The van der Waals surface area contributed by atoms with Gasteiger partial charge in [-0.05, 0) is 43.3 Å². The van der Waals surface area contributed by atoms with Crippen molar-refractivity contribution in [2.45, 2.75) is 20.5 Å². The van der Waals surface area contributed by atoms with Gasteiger partial charge in [0, 0.05) is 31.5 Å². The molecule has 0 unspecified atom stereocenters. The van der Waals surface area contributed by atoms with Crippen molar-refractivity contribution >= 4 is 45.2 Å². The monoisotopic (exact) mass is 446 g/mol. The molecule has 160 valence electrons. The Hall–Kier alpha value is -3.62. The zero-order valence-corrected chi connectivity index (χ0v) is 18.2. The smallest absolute Gasteiger partial charge is 0.192 e. The van der Waals surface area contributed by atoms with E-state index in [-0.39, 0.29) is 6.61 Å². The second kappa shape index (κ2) is 8.49. The molecule has 0 spiro atoms. The van der Waals surface area contributed by atoms with Gasteiger partial charge in [-0.2, -0.15) is 0 Å². The van der Waals surface area contributed by atoms with E-state index in [9.17, 15) is 0 Å². The summed E-state index contributed by atoms with van der Waals surface area (Å²) in [5.74, 6) is 1.76. The molecule has 32 heavy (non-hydrogen) atoms. The van der Waals surface area contributed by atoms with E-state index in [0.717, 1.165) is 16.6 Å². The van der Waals surface area contributed by atoms with Gasteiger partial charge in [-0.25, -0.2) is 19.9 Å². The van der Waals surface area contributed by atoms with Crippen LogP contribution in [0.3, 0.4) is 0 Å². The van der Waals surface area contributed by atoms with Crippen LogP contribution in [0.1, 0.15) is 18.6 Å². The van der Waals surface area contributed by atoms with Crippen LogP contribution in [-0.4, -0.2) is 31.5 Å². The van der Waals surface area contributed by atoms with Crippen LogP contribution in [0.25, 0.3) is 33.5 Å². The van der Waals surface area contributed by atoms with Crippen LogP contribution in [0.2, 0.25) is 5.02 Å². The maximum atomic E-state index is 6.32. The van der Waals surface area contributed by atoms with Crippen molar-refractivity contribution in [3.05, 3.63) is 65.4 Å². The Balaban J connectivity index is 1.60. The molecule has 0 saturated carbocycles. The number of ether oxygens (including phenoxy) is 1. The average molecular weight is 447 g/mol. The van der Waals surface area contributed by atoms with Crippen LogP contribution in [0.15, 0.2) is 53.1 Å². The van der Waals surface area contributed by atoms with E-state index in [1.54, 1.807) is 18.3 Å². The number of anilines is 2. The van der Waals surface area contributed by atoms with Gasteiger partial charge in [-0.15, -0.1) is 0 Å². The van der Waals surface area contributed by atoms with Gasteiger partial charge in [0.05, 0.1) is 16.1 Å². The quantitative estimate of drug-likeness (QED) is 0.366. The van der Waals surface area contributed by atoms with Gasteiger partial charge < -0.3 is 14.5 Å². The maximum Gasteiger partial charge on any atom is 0.192 e. The van der Waals surface area contributed by atoms with Crippen molar-refractivity contribution in [3.63, 3.8) is 0 Å². The number of rotatable bonds is 6. The summed E-state index contributed by atoms with van der Waals surface area (Å²) < 4.78 is 11.2. The molecule has 0 bridgehead atoms. The minimum absolute atomic E-state index is 0.276. The lowest BCUT2D eigenvalue weighted by atomic mass is 10.2. The van der Waals surface area contributed by atoms with E-state index < -0.39 is 0 Å². The number of hydrogen-bond donors (Lipinski definition) is 1. The van der Waals surface area contributed by atoms with E-state index in [1.165, 1.54) is 0 Å². The van der Waals surface area contributed by atoms with E-state index in [1.807, 2.05) is 44.2 Å². The van der Waals surface area contributed by atoms with Crippen LogP contribution < -0.4 is 5.32 Å². The lowest BCUT2D eigenvalue weighted by Crippen LogP contribution is -2.05. The first-order valence-electron chi connectivity index (χ1n) is 10.1. The lowest BCUT2D eigenvalue weighted by Gasteiger charge is -2.12. The largest absolute Gasteiger partial charge is 0.441 e. The van der Waals surface area contributed by atoms with Crippen LogP contribution in [0, 0.1) is 6.92 Å². The van der Waals surface area contributed by atoms with Crippen molar-refractivity contribution in [1.29, 1.82) is 0 Å². The number of oxazole rings is 1. The second-order valence-corrected chi connectivity index (χ2v) is 7.47. The molecular weight excluding hydrogens is 428 g/mol. The number of nitrogens with zero attached hydrogens (tertiary/aromatic N) is 5. The number of aromatic nitrogens is 5. The number of pyridine rings is 2. The Labute approximate surface area is 188 Å². The van der Waals surface area contributed by atoms with Gasteiger partial charge in [0.1, 0.15) is 23.6 Å². The Morgan fingerprint density at radius 2 is 1.97 bits per heavy atom. The molecule has 4 heterocycles. The van der Waals surface area contributed by atoms with Crippen LogP contribution in [0.5, 0.6) is 0 Å². The first-order valence-corrected chi connectivity index (χ1v) is 10.5. The molecule has 0 radical (unpaired) electrons. The molecule has 1 N–H and O–H groups in total. The van der Waals surface area contributed by atoms with Crippen LogP contribution in [-0.2, 0) is 11.3 Å². The van der Waals surface area contributed by atoms with E-state index in [4.69, 9.17) is 25.7 Å². The fourth-order valence-electron chi connectivity index (χ4n) is 3.37. The van der Waals surface area contributed by atoms with Crippen molar-refractivity contribution < 1.29 is 9.15 Å². The molecular formula is C23H19ClN6O2. The zero-order valence-electron chi connectivity index (χ0n) is 17.5. The van der Waals surface area contributed by atoms with Gasteiger partial charge in [-0.1, -0.05) is 11.6 Å². The molecule has 0 aliphatic carbocycles. The molecule has 0 atom stereocenters. The Morgan fingerprint density at radius 3 is 2.81 bits per heavy atom. The number of halogens is 1. The highest BCUT2D eigenvalue weighted by atomic mass is 35.5. The van der Waals surface area contributed by atoms with Crippen LogP contribution in [0.4, 0.5) is 11.5 Å². The van der Waals surface area contributed by atoms with Gasteiger partial charge in [0.25, 0.3) is 0 Å². The van der Waals surface area contributed by atoms with E-state index >= 15 is 0 Å². The standard InChI is InChI=1S/C23H19ClN6O2/c1-3-31-12-20-29-22(27-14-6-8-17-19(11-14)32-13(2)26-17)15-7-9-18(28-23(15)30-20)21-16(24)5-4-10-25-21/h4-11H,3,12H2,1-2H3,(H,27,28,29,30). The third-order valence-electron chi connectivity index (χ3n) is 4.80. The average Bonchev–Trinajstić information content (AvgIpc) is 3.17. The third-order valence-corrected chi connectivity index (χ3v) is 5.11. The fourth-order valence-corrected chi connectivity index (χ4v) is 3.59. The van der Waals surface area contributed by atoms with Gasteiger partial charge in [0.15, 0.2) is 22.9 Å². The predicted molar refractivity (Wildman–Crippen MR) is 123 cm³/mol. The van der Waals surface area contributed by atoms with Crippen molar-refractivity contribution in [1.82, 2.24) is 24.9 Å². The van der Waals surface area contributed by atoms with Crippen molar-refractivity contribution in [2.24, 2.45) is 0 Å². The summed E-state index contributed by atoms with van der Waals surface area (Å²) in [5.41, 5.74) is 4.07. The SMILES string of the molecule is CCOCc1nc(Nc2ccc3nc(C)oc3c2)c2ccc(-c3ncccc3Cl)nc2n1. The summed E-state index contributed by atoms with van der Waals surface area (Å²) in [7, 11) is 0. The normalized spacial score (nSPS) is 11.3. The highest BCUT2D eigenvalue weighted by Gasteiger charge is 2.14. The summed E-state index contributed by atoms with van der Waals surface area (Å²) in [6.45, 7) is 4.58. The number of benzene rings is 1. The molecule has 0 amide bonds. The summed E-state index contributed by atoms with van der Waals surface area (Å²) in [5, 5.41) is 4.64. The van der Waals surface area contributed by atoms with Gasteiger partial charge in [-0.3, -0.25) is 4.98 Å². The van der Waals surface area contributed by atoms with Gasteiger partial charge in [0.2, 0.25) is 0 Å². The highest BCUT2D eigenvalue weighted by molar-refractivity contribution is 6.32. The number of aryl methyl sites for hydroxylation is 1. The summed E-state index contributed by atoms with van der Waals surface area (Å²) >= 11 is 6.32. The van der Waals surface area contributed by atoms with E-state index in [0.29, 0.717) is 51.8 Å². The topological polar surface area (TPSA) is 98.8 Å². The van der Waals surface area contributed by atoms with Crippen molar-refractivity contribution in [2.75, 3.05) is 11.9 Å². The predicted octanol–water partition coefficient (Wildman–Crippen LogP) is 5.47. The Bertz CT molecular complexity index is 1440. The molecule has 1 aromatic carbocycles. The molecule has 0 saturated heterocycles. The molecule has 5 rings (SSSR count). The zero-order chi connectivity index (χ0) is 22.1. The van der Waals surface area contributed by atoms with Crippen molar-refractivity contribution in [3.8, 4) is 11.4 Å². The summed E-state index contributed by atoms with van der Waals surface area (Å²) in [6.07, 6.45) is 1.68. The maximum absolute atomic E-state index is 6.32. The Kier molecular flexibility index (Phi) is 5.38. The molecule has 0 fully saturated rings. The molecule has 9 heteroatoms.